The first kappa shape index (κ1) is 21.5. The Labute approximate surface area is 179 Å². The van der Waals surface area contributed by atoms with Crippen LogP contribution in [-0.2, 0) is 11.4 Å². The zero-order valence-corrected chi connectivity index (χ0v) is 16.9. The largest absolute Gasteiger partial charge is 0.489 e. The highest BCUT2D eigenvalue weighted by molar-refractivity contribution is 5.83. The Hall–Kier alpha value is -4.20. The van der Waals surface area contributed by atoms with Crippen molar-refractivity contribution in [3.63, 3.8) is 0 Å². The quantitative estimate of drug-likeness (QED) is 0.321. The van der Waals surface area contributed by atoms with Crippen LogP contribution in [0.1, 0.15) is 16.7 Å². The first-order valence-corrected chi connectivity index (χ1v) is 9.48. The maximum atomic E-state index is 11.9. The van der Waals surface area contributed by atoms with E-state index >= 15 is 0 Å². The summed E-state index contributed by atoms with van der Waals surface area (Å²) in [5.41, 5.74) is 4.71. The number of hydrogen-bond donors (Lipinski definition) is 1. The standard InChI is InChI=1S/C23H21N3O5/c1-17-7-12-22(21(13-17)26(28)29)31-16-23(27)25-24-14-18-8-10-20(11-9-18)30-15-19-5-3-2-4-6-19/h2-14H,15-16H2,1H3,(H,25,27)/b24-14-. The molecule has 1 amide bonds. The molecule has 31 heavy (non-hydrogen) atoms. The topological polar surface area (TPSA) is 103 Å². The van der Waals surface area contributed by atoms with Crippen LogP contribution in [0.4, 0.5) is 5.69 Å². The Bertz CT molecular complexity index is 1070. The molecule has 0 radical (unpaired) electrons. The molecule has 158 valence electrons. The van der Waals surface area contributed by atoms with Gasteiger partial charge in [0, 0.05) is 6.07 Å². The van der Waals surface area contributed by atoms with Gasteiger partial charge in [0.2, 0.25) is 0 Å². The summed E-state index contributed by atoms with van der Waals surface area (Å²) in [5.74, 6) is 0.216. The number of rotatable bonds is 9. The van der Waals surface area contributed by atoms with Crippen molar-refractivity contribution in [2.45, 2.75) is 13.5 Å². The average molecular weight is 419 g/mol. The summed E-state index contributed by atoms with van der Waals surface area (Å²) in [7, 11) is 0. The van der Waals surface area contributed by atoms with E-state index in [0.717, 1.165) is 22.4 Å². The highest BCUT2D eigenvalue weighted by Gasteiger charge is 2.16. The van der Waals surface area contributed by atoms with Gasteiger partial charge >= 0.3 is 5.69 Å². The number of nitro groups is 1. The van der Waals surface area contributed by atoms with Crippen molar-refractivity contribution >= 4 is 17.8 Å². The molecule has 0 heterocycles. The Morgan fingerprint density at radius 2 is 1.81 bits per heavy atom. The van der Waals surface area contributed by atoms with Crippen LogP contribution in [0.5, 0.6) is 11.5 Å². The lowest BCUT2D eigenvalue weighted by Gasteiger charge is -2.07. The van der Waals surface area contributed by atoms with Crippen LogP contribution in [0.15, 0.2) is 77.9 Å². The van der Waals surface area contributed by atoms with Crippen molar-refractivity contribution in [3.8, 4) is 11.5 Å². The molecule has 0 atom stereocenters. The molecular weight excluding hydrogens is 398 g/mol. The molecule has 3 rings (SSSR count). The van der Waals surface area contributed by atoms with Gasteiger partial charge in [-0.1, -0.05) is 36.4 Å². The number of carbonyl (C=O) groups is 1. The van der Waals surface area contributed by atoms with Crippen LogP contribution < -0.4 is 14.9 Å². The van der Waals surface area contributed by atoms with E-state index in [1.807, 2.05) is 54.6 Å². The lowest BCUT2D eigenvalue weighted by molar-refractivity contribution is -0.385. The summed E-state index contributed by atoms with van der Waals surface area (Å²) >= 11 is 0. The fourth-order valence-corrected chi connectivity index (χ4v) is 2.64. The number of hydrazone groups is 1. The van der Waals surface area contributed by atoms with Crippen LogP contribution >= 0.6 is 0 Å². The summed E-state index contributed by atoms with van der Waals surface area (Å²) < 4.78 is 11.0. The van der Waals surface area contributed by atoms with Gasteiger partial charge in [-0.15, -0.1) is 0 Å². The van der Waals surface area contributed by atoms with Crippen molar-refractivity contribution in [2.75, 3.05) is 6.61 Å². The third-order valence-corrected chi connectivity index (χ3v) is 4.20. The minimum atomic E-state index is -0.550. The highest BCUT2D eigenvalue weighted by atomic mass is 16.6. The van der Waals surface area contributed by atoms with E-state index in [-0.39, 0.29) is 11.4 Å². The van der Waals surface area contributed by atoms with Crippen LogP contribution in [0.2, 0.25) is 0 Å². The molecule has 0 saturated carbocycles. The van der Waals surface area contributed by atoms with E-state index in [0.29, 0.717) is 6.61 Å². The molecule has 1 N–H and O–H groups in total. The first-order chi connectivity index (χ1) is 15.0. The van der Waals surface area contributed by atoms with Gasteiger partial charge in [-0.2, -0.15) is 5.10 Å². The second kappa shape index (κ2) is 10.5. The Balaban J connectivity index is 1.46. The summed E-state index contributed by atoms with van der Waals surface area (Å²) in [6, 6.07) is 21.6. The van der Waals surface area contributed by atoms with Crippen molar-refractivity contribution in [2.24, 2.45) is 5.10 Å². The van der Waals surface area contributed by atoms with Gasteiger partial charge < -0.3 is 9.47 Å². The number of hydrogen-bond acceptors (Lipinski definition) is 6. The Kier molecular flexibility index (Phi) is 7.31. The number of nitrogens with one attached hydrogen (secondary N) is 1. The third kappa shape index (κ3) is 6.67. The number of benzene rings is 3. The Morgan fingerprint density at radius 3 is 2.52 bits per heavy atom. The van der Waals surface area contributed by atoms with Crippen molar-refractivity contribution in [1.29, 1.82) is 0 Å². The molecular formula is C23H21N3O5. The summed E-state index contributed by atoms with van der Waals surface area (Å²) in [5, 5.41) is 14.9. The average Bonchev–Trinajstić information content (AvgIpc) is 2.78. The summed E-state index contributed by atoms with van der Waals surface area (Å²) in [6.07, 6.45) is 1.48. The van der Waals surface area contributed by atoms with Crippen LogP contribution in [-0.4, -0.2) is 23.7 Å². The van der Waals surface area contributed by atoms with E-state index in [4.69, 9.17) is 9.47 Å². The maximum absolute atomic E-state index is 11.9. The molecule has 8 nitrogen and oxygen atoms in total. The second-order valence-corrected chi connectivity index (χ2v) is 6.65. The predicted molar refractivity (Wildman–Crippen MR) is 116 cm³/mol. The van der Waals surface area contributed by atoms with E-state index < -0.39 is 17.4 Å². The first-order valence-electron chi connectivity index (χ1n) is 9.48. The van der Waals surface area contributed by atoms with E-state index in [2.05, 4.69) is 10.5 Å². The fraction of sp³-hybridized carbons (Fsp3) is 0.130. The zero-order chi connectivity index (χ0) is 22.1. The SMILES string of the molecule is Cc1ccc(OCC(=O)N/N=C\c2ccc(OCc3ccccc3)cc2)c([N+](=O)[O-])c1. The molecule has 0 saturated heterocycles. The second-order valence-electron chi connectivity index (χ2n) is 6.65. The highest BCUT2D eigenvalue weighted by Crippen LogP contribution is 2.27. The molecule has 0 spiro atoms. The summed E-state index contributed by atoms with van der Waals surface area (Å²) in [4.78, 5) is 22.4. The minimum Gasteiger partial charge on any atom is -0.489 e. The number of aryl methyl sites for hydroxylation is 1. The molecule has 0 bridgehead atoms. The van der Waals surface area contributed by atoms with Gasteiger partial charge in [0.05, 0.1) is 11.1 Å². The van der Waals surface area contributed by atoms with Gasteiger partial charge in [0.1, 0.15) is 12.4 Å². The van der Waals surface area contributed by atoms with E-state index in [1.54, 1.807) is 13.0 Å². The van der Waals surface area contributed by atoms with Gasteiger partial charge in [-0.05, 0) is 53.9 Å². The number of nitrogens with zero attached hydrogens (tertiary/aromatic N) is 2. The molecule has 0 aliphatic heterocycles. The lowest BCUT2D eigenvalue weighted by Crippen LogP contribution is -2.24. The van der Waals surface area contributed by atoms with Crippen LogP contribution in [0.3, 0.4) is 0 Å². The fourth-order valence-electron chi connectivity index (χ4n) is 2.64. The molecule has 8 heteroatoms. The molecule has 0 fully saturated rings. The number of amides is 1. The van der Waals surface area contributed by atoms with Crippen molar-refractivity contribution in [3.05, 3.63) is 99.6 Å². The van der Waals surface area contributed by atoms with E-state index in [9.17, 15) is 14.9 Å². The van der Waals surface area contributed by atoms with Crippen molar-refractivity contribution < 1.29 is 19.2 Å². The van der Waals surface area contributed by atoms with E-state index in [1.165, 1.54) is 18.3 Å². The predicted octanol–water partition coefficient (Wildman–Crippen LogP) is 4.01. The van der Waals surface area contributed by atoms with Gasteiger partial charge in [-0.3, -0.25) is 14.9 Å². The molecule has 0 unspecified atom stereocenters. The molecule has 3 aromatic rings. The number of carbonyl (C=O) groups excluding carboxylic acids is 1. The maximum Gasteiger partial charge on any atom is 0.311 e. The summed E-state index contributed by atoms with van der Waals surface area (Å²) in [6.45, 7) is 1.82. The number of ether oxygens (including phenoxy) is 2. The Morgan fingerprint density at radius 1 is 1.06 bits per heavy atom. The molecule has 0 aliphatic carbocycles. The van der Waals surface area contributed by atoms with Crippen LogP contribution in [0.25, 0.3) is 0 Å². The minimum absolute atomic E-state index is 0.0285. The van der Waals surface area contributed by atoms with Gasteiger partial charge in [0.15, 0.2) is 12.4 Å². The molecule has 0 aromatic heterocycles. The smallest absolute Gasteiger partial charge is 0.311 e. The monoisotopic (exact) mass is 419 g/mol. The zero-order valence-electron chi connectivity index (χ0n) is 16.9. The lowest BCUT2D eigenvalue weighted by atomic mass is 10.2. The third-order valence-electron chi connectivity index (χ3n) is 4.20. The van der Waals surface area contributed by atoms with Crippen molar-refractivity contribution in [1.82, 2.24) is 5.43 Å². The number of nitro benzene ring substituents is 1. The van der Waals surface area contributed by atoms with Crippen LogP contribution in [0, 0.1) is 17.0 Å². The molecule has 3 aromatic carbocycles. The van der Waals surface area contributed by atoms with Gasteiger partial charge in [0.25, 0.3) is 5.91 Å². The normalized spacial score (nSPS) is 10.6. The molecule has 0 aliphatic rings. The van der Waals surface area contributed by atoms with Gasteiger partial charge in [-0.25, -0.2) is 5.43 Å².